The highest BCUT2D eigenvalue weighted by Gasteiger charge is 2.07. The fraction of sp³-hybridized carbons (Fsp3) is 0.636. The van der Waals surface area contributed by atoms with Crippen LogP contribution in [0.3, 0.4) is 0 Å². The Bertz CT molecular complexity index is 580. The van der Waals surface area contributed by atoms with Crippen LogP contribution < -0.4 is 4.74 Å². The lowest BCUT2D eigenvalue weighted by molar-refractivity contribution is -0.138. The van der Waals surface area contributed by atoms with Crippen molar-refractivity contribution in [3.63, 3.8) is 0 Å². The third-order valence-corrected chi connectivity index (χ3v) is 4.43. The van der Waals surface area contributed by atoms with Crippen molar-refractivity contribution in [2.75, 3.05) is 6.61 Å². The molecule has 5 heteroatoms. The Kier molecular flexibility index (Phi) is 11.2. The van der Waals surface area contributed by atoms with Crippen LogP contribution in [0, 0.1) is 5.92 Å². The quantitative estimate of drug-likeness (QED) is 0.415. The third-order valence-electron chi connectivity index (χ3n) is 4.43. The summed E-state index contributed by atoms with van der Waals surface area (Å²) in [5.74, 6) is -0.109. The van der Waals surface area contributed by atoms with Gasteiger partial charge in [-0.15, -0.1) is 0 Å². The third kappa shape index (κ3) is 11.3. The summed E-state index contributed by atoms with van der Waals surface area (Å²) in [4.78, 5) is 21.2. The molecule has 0 aliphatic rings. The highest BCUT2D eigenvalue weighted by Crippen LogP contribution is 2.23. The molecule has 0 spiro atoms. The molecule has 0 aromatic heterocycles. The van der Waals surface area contributed by atoms with E-state index in [1.165, 1.54) is 11.1 Å². The maximum atomic E-state index is 10.6. The lowest BCUT2D eigenvalue weighted by Crippen LogP contribution is -2.05. The van der Waals surface area contributed by atoms with Gasteiger partial charge in [0.2, 0.25) is 0 Å². The van der Waals surface area contributed by atoms with Gasteiger partial charge in [0.1, 0.15) is 5.75 Å². The van der Waals surface area contributed by atoms with Crippen LogP contribution >= 0.6 is 0 Å². The van der Waals surface area contributed by atoms with Crippen LogP contribution in [-0.4, -0.2) is 28.8 Å². The topological polar surface area (TPSA) is 83.8 Å². The molecule has 0 amide bonds. The fourth-order valence-electron chi connectivity index (χ4n) is 2.97. The zero-order valence-corrected chi connectivity index (χ0v) is 16.7. The average molecular weight is 379 g/mol. The van der Waals surface area contributed by atoms with Crippen molar-refractivity contribution in [2.45, 2.75) is 78.1 Å². The van der Waals surface area contributed by atoms with E-state index in [-0.39, 0.29) is 12.8 Å². The van der Waals surface area contributed by atoms with Gasteiger partial charge in [-0.2, -0.15) is 0 Å². The van der Waals surface area contributed by atoms with Gasteiger partial charge in [0.05, 0.1) is 6.61 Å². The van der Waals surface area contributed by atoms with E-state index in [1.54, 1.807) is 0 Å². The van der Waals surface area contributed by atoms with Gasteiger partial charge < -0.3 is 14.9 Å². The molecule has 0 heterocycles. The molecule has 5 nitrogen and oxygen atoms in total. The SMILES string of the molecule is CC(C)COc1ccc(CCCCCC(=O)O)c(CCCCCC(=O)O)c1. The second kappa shape index (κ2) is 13.2. The predicted molar refractivity (Wildman–Crippen MR) is 106 cm³/mol. The van der Waals surface area contributed by atoms with Gasteiger partial charge in [-0.05, 0) is 67.7 Å². The highest BCUT2D eigenvalue weighted by atomic mass is 16.5. The molecule has 0 fully saturated rings. The summed E-state index contributed by atoms with van der Waals surface area (Å²) in [5, 5.41) is 17.5. The molecule has 2 N–H and O–H groups in total. The Labute approximate surface area is 162 Å². The number of carboxylic acid groups (broad SMARTS) is 2. The van der Waals surface area contributed by atoms with Gasteiger partial charge in [-0.1, -0.05) is 32.8 Å². The number of benzene rings is 1. The van der Waals surface area contributed by atoms with Gasteiger partial charge in [0, 0.05) is 12.8 Å². The van der Waals surface area contributed by atoms with Gasteiger partial charge >= 0.3 is 11.9 Å². The Morgan fingerprint density at radius 1 is 0.852 bits per heavy atom. The van der Waals surface area contributed by atoms with Crippen molar-refractivity contribution >= 4 is 11.9 Å². The largest absolute Gasteiger partial charge is 0.493 e. The van der Waals surface area contributed by atoms with Crippen LogP contribution in [0.15, 0.2) is 18.2 Å². The van der Waals surface area contributed by atoms with Crippen LogP contribution in [0.5, 0.6) is 5.75 Å². The van der Waals surface area contributed by atoms with Gasteiger partial charge in [-0.25, -0.2) is 0 Å². The van der Waals surface area contributed by atoms with Crippen molar-refractivity contribution < 1.29 is 24.5 Å². The second-order valence-corrected chi connectivity index (χ2v) is 7.54. The molecule has 27 heavy (non-hydrogen) atoms. The van der Waals surface area contributed by atoms with Gasteiger partial charge in [0.15, 0.2) is 0 Å². The van der Waals surface area contributed by atoms with E-state index in [1.807, 2.05) is 6.07 Å². The van der Waals surface area contributed by atoms with E-state index in [4.69, 9.17) is 14.9 Å². The number of ether oxygens (including phenoxy) is 1. The molecular formula is C22H34O5. The molecule has 1 aromatic rings. The van der Waals surface area contributed by atoms with Crippen molar-refractivity contribution in [3.05, 3.63) is 29.3 Å². The van der Waals surface area contributed by atoms with E-state index in [2.05, 4.69) is 26.0 Å². The molecule has 0 bridgehead atoms. The first kappa shape index (κ1) is 23.0. The number of carboxylic acids is 2. The minimum absolute atomic E-state index is 0.230. The normalized spacial score (nSPS) is 10.9. The minimum Gasteiger partial charge on any atom is -0.493 e. The zero-order valence-electron chi connectivity index (χ0n) is 16.7. The summed E-state index contributed by atoms with van der Waals surface area (Å²) in [6.45, 7) is 4.93. The highest BCUT2D eigenvalue weighted by molar-refractivity contribution is 5.66. The molecule has 0 aliphatic carbocycles. The molecule has 0 aliphatic heterocycles. The predicted octanol–water partition coefficient (Wildman–Crippen LogP) is 5.10. The molecule has 0 saturated heterocycles. The summed E-state index contributed by atoms with van der Waals surface area (Å²) in [6, 6.07) is 6.26. The minimum atomic E-state index is -0.735. The Hall–Kier alpha value is -2.04. The fourth-order valence-corrected chi connectivity index (χ4v) is 2.97. The van der Waals surface area contributed by atoms with E-state index < -0.39 is 11.9 Å². The van der Waals surface area contributed by atoms with E-state index >= 15 is 0 Å². The molecule has 1 aromatic carbocycles. The number of unbranched alkanes of at least 4 members (excludes halogenated alkanes) is 4. The van der Waals surface area contributed by atoms with Crippen molar-refractivity contribution in [1.82, 2.24) is 0 Å². The molecule has 0 radical (unpaired) electrons. The molecule has 152 valence electrons. The van der Waals surface area contributed by atoms with Crippen molar-refractivity contribution in [1.29, 1.82) is 0 Å². The first-order valence-corrected chi connectivity index (χ1v) is 10.1. The van der Waals surface area contributed by atoms with Crippen molar-refractivity contribution in [2.24, 2.45) is 5.92 Å². The number of carbonyl (C=O) groups is 2. The maximum Gasteiger partial charge on any atom is 0.303 e. The van der Waals surface area contributed by atoms with Gasteiger partial charge in [0.25, 0.3) is 0 Å². The Balaban J connectivity index is 2.59. The monoisotopic (exact) mass is 378 g/mol. The first-order valence-electron chi connectivity index (χ1n) is 10.1. The average Bonchev–Trinajstić information content (AvgIpc) is 2.60. The standard InChI is InChI=1S/C22H34O5/c1-17(2)16-27-20-14-13-18(9-5-3-7-11-21(23)24)19(15-20)10-6-4-8-12-22(25)26/h13-15,17H,3-12,16H2,1-2H3,(H,23,24)(H,25,26). The summed E-state index contributed by atoms with van der Waals surface area (Å²) in [6.07, 6.45) is 7.51. The zero-order chi connectivity index (χ0) is 20.1. The number of aryl methyl sites for hydroxylation is 2. The van der Waals surface area contributed by atoms with Crippen LogP contribution in [0.25, 0.3) is 0 Å². The second-order valence-electron chi connectivity index (χ2n) is 7.54. The van der Waals surface area contributed by atoms with Crippen LogP contribution in [0.1, 0.15) is 76.3 Å². The Morgan fingerprint density at radius 2 is 1.41 bits per heavy atom. The van der Waals surface area contributed by atoms with E-state index in [0.717, 1.165) is 50.7 Å². The first-order chi connectivity index (χ1) is 12.9. The summed E-state index contributed by atoms with van der Waals surface area (Å²) in [5.41, 5.74) is 2.56. The van der Waals surface area contributed by atoms with E-state index in [0.29, 0.717) is 18.9 Å². The number of hydrogen-bond donors (Lipinski definition) is 2. The molecule has 0 unspecified atom stereocenters. The summed E-state index contributed by atoms with van der Waals surface area (Å²) >= 11 is 0. The molecule has 0 saturated carbocycles. The molecule has 1 rings (SSSR count). The number of rotatable bonds is 15. The summed E-state index contributed by atoms with van der Waals surface area (Å²) in [7, 11) is 0. The summed E-state index contributed by atoms with van der Waals surface area (Å²) < 4.78 is 5.85. The molecular weight excluding hydrogens is 344 g/mol. The van der Waals surface area contributed by atoms with Crippen LogP contribution in [0.2, 0.25) is 0 Å². The lowest BCUT2D eigenvalue weighted by atomic mass is 9.96. The number of hydrogen-bond acceptors (Lipinski definition) is 3. The van der Waals surface area contributed by atoms with E-state index in [9.17, 15) is 9.59 Å². The van der Waals surface area contributed by atoms with Crippen LogP contribution in [-0.2, 0) is 22.4 Å². The molecule has 0 atom stereocenters. The smallest absolute Gasteiger partial charge is 0.303 e. The number of aliphatic carboxylic acids is 2. The maximum absolute atomic E-state index is 10.6. The van der Waals surface area contributed by atoms with Gasteiger partial charge in [-0.3, -0.25) is 9.59 Å². The van der Waals surface area contributed by atoms with Crippen molar-refractivity contribution in [3.8, 4) is 5.75 Å². The lowest BCUT2D eigenvalue weighted by Gasteiger charge is -2.14. The Morgan fingerprint density at radius 3 is 1.93 bits per heavy atom. The van der Waals surface area contributed by atoms with Crippen LogP contribution in [0.4, 0.5) is 0 Å².